The summed E-state index contributed by atoms with van der Waals surface area (Å²) in [5.74, 6) is -0.248. The Labute approximate surface area is 133 Å². The summed E-state index contributed by atoms with van der Waals surface area (Å²) in [6.45, 7) is 4.39. The predicted molar refractivity (Wildman–Crippen MR) is 84.7 cm³/mol. The first-order valence-electron chi connectivity index (χ1n) is 7.34. The summed E-state index contributed by atoms with van der Waals surface area (Å²) >= 11 is 1.47. The molecule has 0 unspecified atom stereocenters. The Balaban J connectivity index is 1.70. The van der Waals surface area contributed by atoms with Gasteiger partial charge in [0.05, 0.1) is 5.01 Å². The number of benzene rings is 1. The maximum atomic E-state index is 12.9. The standard InChI is InChI=1S/C16H18FN3OS/c1-11-9-18-6-7-20(11)16(21)14-10-22-15(19-14)8-12-2-4-13(17)5-3-12/h2-5,10-11,18H,6-9H2,1H3/t11-/m0/s1. The molecule has 0 aliphatic carbocycles. The molecule has 0 radical (unpaired) electrons. The number of hydrogen-bond donors (Lipinski definition) is 1. The van der Waals surface area contributed by atoms with E-state index in [1.165, 1.54) is 23.5 Å². The second-order valence-electron chi connectivity index (χ2n) is 5.48. The number of piperazine rings is 1. The quantitative estimate of drug-likeness (QED) is 0.944. The average molecular weight is 319 g/mol. The third-order valence-electron chi connectivity index (χ3n) is 3.80. The first-order chi connectivity index (χ1) is 10.6. The Kier molecular flexibility index (Phi) is 4.49. The summed E-state index contributed by atoms with van der Waals surface area (Å²) in [6.07, 6.45) is 0.620. The maximum Gasteiger partial charge on any atom is 0.273 e. The summed E-state index contributed by atoms with van der Waals surface area (Å²) in [5, 5.41) is 5.96. The molecule has 1 N–H and O–H groups in total. The molecule has 0 bridgehead atoms. The van der Waals surface area contributed by atoms with E-state index in [2.05, 4.69) is 10.3 Å². The summed E-state index contributed by atoms with van der Waals surface area (Å²) < 4.78 is 12.9. The van der Waals surface area contributed by atoms with Crippen molar-refractivity contribution in [2.24, 2.45) is 0 Å². The lowest BCUT2D eigenvalue weighted by Gasteiger charge is -2.33. The van der Waals surface area contributed by atoms with Crippen LogP contribution >= 0.6 is 11.3 Å². The van der Waals surface area contributed by atoms with Crippen LogP contribution in [0.25, 0.3) is 0 Å². The highest BCUT2D eigenvalue weighted by Crippen LogP contribution is 2.17. The number of amides is 1. The van der Waals surface area contributed by atoms with Crippen molar-refractivity contribution in [2.45, 2.75) is 19.4 Å². The molecule has 1 fully saturated rings. The first kappa shape index (κ1) is 15.1. The van der Waals surface area contributed by atoms with Crippen molar-refractivity contribution in [3.63, 3.8) is 0 Å². The lowest BCUT2D eigenvalue weighted by molar-refractivity contribution is 0.0650. The van der Waals surface area contributed by atoms with E-state index in [9.17, 15) is 9.18 Å². The summed E-state index contributed by atoms with van der Waals surface area (Å²) in [7, 11) is 0. The zero-order valence-electron chi connectivity index (χ0n) is 12.4. The highest BCUT2D eigenvalue weighted by Gasteiger charge is 2.25. The molecule has 1 aromatic heterocycles. The molecule has 0 saturated carbocycles. The maximum absolute atomic E-state index is 12.9. The number of rotatable bonds is 3. The van der Waals surface area contributed by atoms with Crippen molar-refractivity contribution in [1.29, 1.82) is 0 Å². The van der Waals surface area contributed by atoms with Gasteiger partial charge in [-0.3, -0.25) is 4.79 Å². The second kappa shape index (κ2) is 6.54. The van der Waals surface area contributed by atoms with E-state index in [4.69, 9.17) is 0 Å². The zero-order valence-corrected chi connectivity index (χ0v) is 13.2. The van der Waals surface area contributed by atoms with Crippen LogP contribution in [0.5, 0.6) is 0 Å². The van der Waals surface area contributed by atoms with Crippen molar-refractivity contribution in [3.05, 3.63) is 51.7 Å². The van der Waals surface area contributed by atoms with Crippen molar-refractivity contribution in [1.82, 2.24) is 15.2 Å². The van der Waals surface area contributed by atoms with Crippen LogP contribution in [0.4, 0.5) is 4.39 Å². The van der Waals surface area contributed by atoms with Crippen LogP contribution in [-0.4, -0.2) is 41.5 Å². The van der Waals surface area contributed by atoms with Gasteiger partial charge in [-0.1, -0.05) is 12.1 Å². The van der Waals surface area contributed by atoms with Gasteiger partial charge in [0.25, 0.3) is 5.91 Å². The van der Waals surface area contributed by atoms with E-state index in [1.807, 2.05) is 17.2 Å². The number of hydrogen-bond acceptors (Lipinski definition) is 4. The van der Waals surface area contributed by atoms with Crippen molar-refractivity contribution in [2.75, 3.05) is 19.6 Å². The highest BCUT2D eigenvalue weighted by atomic mass is 32.1. The van der Waals surface area contributed by atoms with Gasteiger partial charge in [0.15, 0.2) is 0 Å². The minimum atomic E-state index is -0.244. The van der Waals surface area contributed by atoms with E-state index in [0.717, 1.165) is 23.7 Å². The SMILES string of the molecule is C[C@H]1CNCCN1C(=O)c1csc(Cc2ccc(F)cc2)n1. The van der Waals surface area contributed by atoms with Gasteiger partial charge in [0, 0.05) is 37.5 Å². The predicted octanol–water partition coefficient (Wildman–Crippen LogP) is 2.31. The van der Waals surface area contributed by atoms with Gasteiger partial charge in [-0.25, -0.2) is 9.37 Å². The van der Waals surface area contributed by atoms with Gasteiger partial charge in [0.2, 0.25) is 0 Å². The minimum absolute atomic E-state index is 0.00407. The van der Waals surface area contributed by atoms with E-state index < -0.39 is 0 Å². The number of carbonyl (C=O) groups is 1. The van der Waals surface area contributed by atoms with Crippen LogP contribution < -0.4 is 5.32 Å². The molecule has 116 valence electrons. The molecule has 6 heteroatoms. The van der Waals surface area contributed by atoms with Crippen molar-refractivity contribution in [3.8, 4) is 0 Å². The Morgan fingerprint density at radius 2 is 2.23 bits per heavy atom. The molecule has 1 saturated heterocycles. The first-order valence-corrected chi connectivity index (χ1v) is 8.22. The Hall–Kier alpha value is -1.79. The average Bonchev–Trinajstić information content (AvgIpc) is 2.98. The summed E-state index contributed by atoms with van der Waals surface area (Å²) in [6, 6.07) is 6.56. The van der Waals surface area contributed by atoms with Gasteiger partial charge >= 0.3 is 0 Å². The van der Waals surface area contributed by atoms with Gasteiger partial charge in [-0.05, 0) is 24.6 Å². The highest BCUT2D eigenvalue weighted by molar-refractivity contribution is 7.09. The second-order valence-corrected chi connectivity index (χ2v) is 6.42. The molecule has 22 heavy (non-hydrogen) atoms. The van der Waals surface area contributed by atoms with Crippen molar-refractivity contribution >= 4 is 17.2 Å². The number of aromatic nitrogens is 1. The number of halogens is 1. The minimum Gasteiger partial charge on any atom is -0.332 e. The van der Waals surface area contributed by atoms with E-state index >= 15 is 0 Å². The Bertz CT molecular complexity index is 656. The third-order valence-corrected chi connectivity index (χ3v) is 4.65. The molecular weight excluding hydrogens is 301 g/mol. The Morgan fingerprint density at radius 1 is 1.45 bits per heavy atom. The van der Waals surface area contributed by atoms with Crippen molar-refractivity contribution < 1.29 is 9.18 Å². The molecule has 1 amide bonds. The van der Waals surface area contributed by atoms with Gasteiger partial charge in [-0.2, -0.15) is 0 Å². The van der Waals surface area contributed by atoms with Crippen LogP contribution in [0.3, 0.4) is 0 Å². The normalized spacial score (nSPS) is 18.5. The van der Waals surface area contributed by atoms with Crippen LogP contribution in [0, 0.1) is 5.82 Å². The lowest BCUT2D eigenvalue weighted by Crippen LogP contribution is -2.52. The van der Waals surface area contributed by atoms with E-state index in [-0.39, 0.29) is 17.8 Å². The fourth-order valence-electron chi connectivity index (χ4n) is 2.56. The molecule has 0 spiro atoms. The Morgan fingerprint density at radius 3 is 2.95 bits per heavy atom. The molecule has 2 aromatic rings. The van der Waals surface area contributed by atoms with Crippen LogP contribution in [-0.2, 0) is 6.42 Å². The lowest BCUT2D eigenvalue weighted by atomic mass is 10.1. The van der Waals surface area contributed by atoms with E-state index in [0.29, 0.717) is 18.7 Å². The van der Waals surface area contributed by atoms with E-state index in [1.54, 1.807) is 12.1 Å². The molecular formula is C16H18FN3OS. The molecule has 1 aliphatic rings. The van der Waals surface area contributed by atoms with Crippen LogP contribution in [0.2, 0.25) is 0 Å². The summed E-state index contributed by atoms with van der Waals surface area (Å²) in [4.78, 5) is 18.8. The number of thiazole rings is 1. The van der Waals surface area contributed by atoms with Gasteiger partial charge in [-0.15, -0.1) is 11.3 Å². The topological polar surface area (TPSA) is 45.2 Å². The molecule has 1 aliphatic heterocycles. The number of carbonyl (C=O) groups excluding carboxylic acids is 1. The number of nitrogens with zero attached hydrogens (tertiary/aromatic N) is 2. The number of nitrogens with one attached hydrogen (secondary N) is 1. The van der Waals surface area contributed by atoms with Gasteiger partial charge < -0.3 is 10.2 Å². The largest absolute Gasteiger partial charge is 0.332 e. The monoisotopic (exact) mass is 319 g/mol. The summed E-state index contributed by atoms with van der Waals surface area (Å²) in [5.41, 5.74) is 1.50. The molecule has 4 nitrogen and oxygen atoms in total. The molecule has 3 rings (SSSR count). The fraction of sp³-hybridized carbons (Fsp3) is 0.375. The molecule has 1 atom stereocenters. The molecule has 1 aromatic carbocycles. The third kappa shape index (κ3) is 3.34. The zero-order chi connectivity index (χ0) is 15.5. The van der Waals surface area contributed by atoms with Gasteiger partial charge in [0.1, 0.15) is 11.5 Å². The smallest absolute Gasteiger partial charge is 0.273 e. The molecule has 2 heterocycles. The fourth-order valence-corrected chi connectivity index (χ4v) is 3.36. The van der Waals surface area contributed by atoms with Crippen LogP contribution in [0.15, 0.2) is 29.6 Å². The van der Waals surface area contributed by atoms with Crippen LogP contribution in [0.1, 0.15) is 28.0 Å².